The van der Waals surface area contributed by atoms with E-state index in [1.165, 1.54) is 6.07 Å². The van der Waals surface area contributed by atoms with Gasteiger partial charge in [0.25, 0.3) is 0 Å². The summed E-state index contributed by atoms with van der Waals surface area (Å²) in [5.41, 5.74) is 6.67. The molecule has 0 amide bonds. The average molecular weight is 304 g/mol. The van der Waals surface area contributed by atoms with Crippen LogP contribution in [-0.2, 0) is 20.6 Å². The third-order valence-electron chi connectivity index (χ3n) is 2.90. The molecule has 0 spiro atoms. The van der Waals surface area contributed by atoms with Crippen molar-refractivity contribution in [3.8, 4) is 0 Å². The molecular formula is C12H20N2O3S2. The van der Waals surface area contributed by atoms with Crippen molar-refractivity contribution >= 4 is 32.0 Å². The first-order chi connectivity index (χ1) is 8.73. The maximum absolute atomic E-state index is 11.5. The van der Waals surface area contributed by atoms with Gasteiger partial charge in [0, 0.05) is 35.1 Å². The zero-order valence-electron chi connectivity index (χ0n) is 11.3. The van der Waals surface area contributed by atoms with E-state index in [0.29, 0.717) is 12.2 Å². The number of nitrogens with one attached hydrogen (secondary N) is 1. The molecular weight excluding hydrogens is 284 g/mol. The Bertz CT molecular complexity index is 570. The van der Waals surface area contributed by atoms with E-state index in [4.69, 9.17) is 5.73 Å². The van der Waals surface area contributed by atoms with E-state index in [1.54, 1.807) is 18.4 Å². The number of hydrogen-bond donors (Lipinski definition) is 2. The highest BCUT2D eigenvalue weighted by Crippen LogP contribution is 2.26. The minimum absolute atomic E-state index is 0.0896. The van der Waals surface area contributed by atoms with Gasteiger partial charge in [-0.05, 0) is 18.6 Å². The van der Waals surface area contributed by atoms with Gasteiger partial charge in [-0.3, -0.25) is 4.21 Å². The normalized spacial score (nSPS) is 14.9. The summed E-state index contributed by atoms with van der Waals surface area (Å²) in [6.07, 6.45) is 3.53. The Morgan fingerprint density at radius 3 is 2.58 bits per heavy atom. The molecule has 2 atom stereocenters. The molecule has 0 aromatic heterocycles. The SMILES string of the molecule is CC(CCNc1cccc(S(C)(=O)=O)c1N)S(C)=O. The summed E-state index contributed by atoms with van der Waals surface area (Å²) in [5, 5.41) is 3.18. The number of nitrogens with two attached hydrogens (primary N) is 1. The summed E-state index contributed by atoms with van der Waals surface area (Å²) in [4.78, 5) is 0.129. The molecule has 19 heavy (non-hydrogen) atoms. The maximum Gasteiger partial charge on any atom is 0.177 e. The smallest absolute Gasteiger partial charge is 0.177 e. The predicted molar refractivity (Wildman–Crippen MR) is 80.6 cm³/mol. The standard InChI is InChI=1S/C12H20N2O3S2/c1-9(18(2)15)7-8-14-10-5-4-6-11(12(10)13)19(3,16)17/h4-6,9,14H,7-8,13H2,1-3H3. The largest absolute Gasteiger partial charge is 0.396 e. The van der Waals surface area contributed by atoms with Gasteiger partial charge in [0.05, 0.1) is 16.3 Å². The van der Waals surface area contributed by atoms with E-state index in [1.807, 2.05) is 6.92 Å². The number of rotatable bonds is 6. The van der Waals surface area contributed by atoms with Crippen LogP contribution in [0.3, 0.4) is 0 Å². The van der Waals surface area contributed by atoms with Crippen molar-refractivity contribution in [2.24, 2.45) is 0 Å². The molecule has 1 aromatic rings. The summed E-state index contributed by atoms with van der Waals surface area (Å²) in [6, 6.07) is 4.87. The summed E-state index contributed by atoms with van der Waals surface area (Å²) in [7, 11) is -4.18. The summed E-state index contributed by atoms with van der Waals surface area (Å²) >= 11 is 0. The third-order valence-corrected chi connectivity index (χ3v) is 5.42. The third kappa shape index (κ3) is 4.50. The Morgan fingerprint density at radius 1 is 1.42 bits per heavy atom. The zero-order chi connectivity index (χ0) is 14.6. The highest BCUT2D eigenvalue weighted by atomic mass is 32.2. The molecule has 1 rings (SSSR count). The first-order valence-corrected chi connectivity index (χ1v) is 9.39. The van der Waals surface area contributed by atoms with Gasteiger partial charge in [-0.15, -0.1) is 0 Å². The van der Waals surface area contributed by atoms with Gasteiger partial charge >= 0.3 is 0 Å². The van der Waals surface area contributed by atoms with Crippen LogP contribution in [0.2, 0.25) is 0 Å². The highest BCUT2D eigenvalue weighted by molar-refractivity contribution is 7.90. The number of hydrogen-bond acceptors (Lipinski definition) is 5. The van der Waals surface area contributed by atoms with Crippen molar-refractivity contribution in [2.45, 2.75) is 23.5 Å². The Kier molecular flexibility index (Phi) is 5.37. The fourth-order valence-corrected chi connectivity index (χ4v) is 2.88. The molecule has 0 heterocycles. The molecule has 5 nitrogen and oxygen atoms in total. The van der Waals surface area contributed by atoms with Gasteiger partial charge in [0.15, 0.2) is 9.84 Å². The number of para-hydroxylation sites is 1. The monoisotopic (exact) mass is 304 g/mol. The van der Waals surface area contributed by atoms with E-state index >= 15 is 0 Å². The molecule has 1 aromatic carbocycles. The highest BCUT2D eigenvalue weighted by Gasteiger charge is 2.14. The fraction of sp³-hybridized carbons (Fsp3) is 0.500. The number of sulfone groups is 1. The van der Waals surface area contributed by atoms with Gasteiger partial charge in [-0.25, -0.2) is 8.42 Å². The topological polar surface area (TPSA) is 89.3 Å². The van der Waals surface area contributed by atoms with Crippen LogP contribution < -0.4 is 11.1 Å². The molecule has 108 valence electrons. The fourth-order valence-electron chi connectivity index (χ4n) is 1.60. The van der Waals surface area contributed by atoms with Crippen LogP contribution in [0.15, 0.2) is 23.1 Å². The van der Waals surface area contributed by atoms with Crippen molar-refractivity contribution in [3.63, 3.8) is 0 Å². The van der Waals surface area contributed by atoms with E-state index in [2.05, 4.69) is 5.32 Å². The Labute approximate surface area is 117 Å². The maximum atomic E-state index is 11.5. The summed E-state index contributed by atoms with van der Waals surface area (Å²) in [6.45, 7) is 2.51. The average Bonchev–Trinajstić information content (AvgIpc) is 2.29. The van der Waals surface area contributed by atoms with Crippen LogP contribution in [0.5, 0.6) is 0 Å². The van der Waals surface area contributed by atoms with Crippen LogP contribution in [0.1, 0.15) is 13.3 Å². The second kappa shape index (κ2) is 6.38. The van der Waals surface area contributed by atoms with Crippen molar-refractivity contribution < 1.29 is 12.6 Å². The quantitative estimate of drug-likeness (QED) is 0.772. The molecule has 2 unspecified atom stereocenters. The van der Waals surface area contributed by atoms with Crippen LogP contribution in [0.4, 0.5) is 11.4 Å². The molecule has 0 aliphatic carbocycles. The number of anilines is 2. The second-order valence-corrected chi connectivity index (χ2v) is 8.30. The van der Waals surface area contributed by atoms with Crippen molar-refractivity contribution in [2.75, 3.05) is 30.1 Å². The van der Waals surface area contributed by atoms with Crippen LogP contribution in [0.25, 0.3) is 0 Å². The van der Waals surface area contributed by atoms with Gasteiger partial charge in [-0.1, -0.05) is 13.0 Å². The summed E-state index contributed by atoms with van der Waals surface area (Å²) in [5.74, 6) is 0. The lowest BCUT2D eigenvalue weighted by Crippen LogP contribution is -2.15. The molecule has 0 saturated carbocycles. The minimum atomic E-state index is -3.32. The molecule has 3 N–H and O–H groups in total. The number of nitrogen functional groups attached to an aromatic ring is 1. The van der Waals surface area contributed by atoms with Crippen molar-refractivity contribution in [1.29, 1.82) is 0 Å². The second-order valence-electron chi connectivity index (χ2n) is 4.51. The van der Waals surface area contributed by atoms with E-state index in [9.17, 15) is 12.6 Å². The molecule has 0 aliphatic heterocycles. The first-order valence-electron chi connectivity index (χ1n) is 5.88. The van der Waals surface area contributed by atoms with Crippen LogP contribution in [-0.4, -0.2) is 36.9 Å². The molecule has 0 aliphatic rings. The number of benzene rings is 1. The Morgan fingerprint density at radius 2 is 2.05 bits per heavy atom. The van der Waals surface area contributed by atoms with Crippen molar-refractivity contribution in [1.82, 2.24) is 0 Å². The predicted octanol–water partition coefficient (Wildman–Crippen LogP) is 1.24. The molecule has 0 fully saturated rings. The van der Waals surface area contributed by atoms with Gasteiger partial charge in [0.2, 0.25) is 0 Å². The minimum Gasteiger partial charge on any atom is -0.396 e. The van der Waals surface area contributed by atoms with Crippen molar-refractivity contribution in [3.05, 3.63) is 18.2 Å². The summed E-state index contributed by atoms with van der Waals surface area (Å²) < 4.78 is 34.3. The lowest BCUT2D eigenvalue weighted by Gasteiger charge is -2.13. The van der Waals surface area contributed by atoms with Gasteiger partial charge < -0.3 is 11.1 Å². The molecule has 0 radical (unpaired) electrons. The van der Waals surface area contributed by atoms with E-state index in [0.717, 1.165) is 12.7 Å². The Balaban J connectivity index is 2.78. The zero-order valence-corrected chi connectivity index (χ0v) is 13.0. The van der Waals surface area contributed by atoms with Crippen LogP contribution >= 0.6 is 0 Å². The van der Waals surface area contributed by atoms with E-state index < -0.39 is 20.6 Å². The first kappa shape index (κ1) is 16.0. The van der Waals surface area contributed by atoms with Crippen LogP contribution in [0, 0.1) is 0 Å². The van der Waals surface area contributed by atoms with Gasteiger partial charge in [-0.2, -0.15) is 0 Å². The lowest BCUT2D eigenvalue weighted by atomic mass is 10.2. The van der Waals surface area contributed by atoms with Gasteiger partial charge in [0.1, 0.15) is 0 Å². The molecule has 0 saturated heterocycles. The molecule has 0 bridgehead atoms. The Hall–Kier alpha value is -1.08. The van der Waals surface area contributed by atoms with E-state index in [-0.39, 0.29) is 15.8 Å². The molecule has 7 heteroatoms. The lowest BCUT2D eigenvalue weighted by molar-refractivity contribution is 0.602.